The van der Waals surface area contributed by atoms with Crippen molar-refractivity contribution in [2.24, 2.45) is 6.98 Å². The second-order valence-electron chi connectivity index (χ2n) is 1.55. The molecule has 0 aliphatic rings. The standard InChI is InChI=1S/C6H6BrNO/c1-8-3-2-5(7)4-6(8)9/h2-4H,1H3/i1+1D3. The molecule has 0 aliphatic heterocycles. The lowest BCUT2D eigenvalue weighted by Crippen LogP contribution is -2.13. The van der Waals surface area contributed by atoms with Gasteiger partial charge in [0.15, 0.2) is 0 Å². The minimum Gasteiger partial charge on any atom is -0.319 e. The number of hydrogen-bond donors (Lipinski definition) is 0. The van der Waals surface area contributed by atoms with Gasteiger partial charge in [0.2, 0.25) is 0 Å². The molecule has 0 atom stereocenters. The van der Waals surface area contributed by atoms with Crippen LogP contribution >= 0.6 is 15.9 Å². The molecule has 1 aromatic heterocycles. The van der Waals surface area contributed by atoms with Crippen molar-refractivity contribution in [1.29, 1.82) is 0 Å². The quantitative estimate of drug-likeness (QED) is 0.565. The van der Waals surface area contributed by atoms with Gasteiger partial charge in [-0.25, -0.2) is 0 Å². The SMILES string of the molecule is [2H][13C]([2H])([2H])n1ccc(Br)cc1=O. The zero-order valence-corrected chi connectivity index (χ0v) is 6.05. The number of halogens is 1. The van der Waals surface area contributed by atoms with E-state index in [-0.39, 0.29) is 0 Å². The molecule has 1 rings (SSSR count). The topological polar surface area (TPSA) is 22.0 Å². The Balaban J connectivity index is 3.29. The highest BCUT2D eigenvalue weighted by atomic mass is 79.9. The maximum Gasteiger partial charge on any atom is 0.251 e. The zero-order valence-electron chi connectivity index (χ0n) is 7.47. The van der Waals surface area contributed by atoms with Crippen LogP contribution < -0.4 is 5.56 Å². The summed E-state index contributed by atoms with van der Waals surface area (Å²) in [6, 6.07) is 2.72. The Hall–Kier alpha value is -0.570. The Kier molecular flexibility index (Phi) is 0.931. The summed E-state index contributed by atoms with van der Waals surface area (Å²) in [4.78, 5) is 11.1. The lowest BCUT2D eigenvalue weighted by molar-refractivity contribution is 0.858. The Morgan fingerprint density at radius 3 is 3.22 bits per heavy atom. The summed E-state index contributed by atoms with van der Waals surface area (Å²) in [5.74, 6) is 0. The number of nitrogens with zero attached hydrogens (tertiary/aromatic N) is 1. The maximum absolute atomic E-state index is 11.1. The third kappa shape index (κ3) is 1.42. The van der Waals surface area contributed by atoms with Crippen LogP contribution in [0, 0.1) is 0 Å². The smallest absolute Gasteiger partial charge is 0.251 e. The average molecular weight is 192 g/mol. The van der Waals surface area contributed by atoms with E-state index < -0.39 is 12.5 Å². The van der Waals surface area contributed by atoms with E-state index in [2.05, 4.69) is 15.9 Å². The molecule has 0 aliphatic carbocycles. The first kappa shape index (κ1) is 3.56. The van der Waals surface area contributed by atoms with E-state index in [1.807, 2.05) is 0 Å². The number of aromatic nitrogens is 1. The molecule has 0 saturated heterocycles. The summed E-state index contributed by atoms with van der Waals surface area (Å²) in [6.45, 7) is -2.39. The van der Waals surface area contributed by atoms with Gasteiger partial charge >= 0.3 is 0 Å². The minimum absolute atomic E-state index is 0.538. The molecular formula is C6H6BrNO. The molecule has 0 saturated carbocycles. The molecular weight excluding hydrogens is 183 g/mol. The van der Waals surface area contributed by atoms with E-state index in [1.54, 1.807) is 0 Å². The highest BCUT2D eigenvalue weighted by Gasteiger charge is 1.87. The van der Waals surface area contributed by atoms with Crippen LogP contribution in [-0.2, 0) is 6.98 Å². The molecule has 0 fully saturated rings. The van der Waals surface area contributed by atoms with Crippen molar-refractivity contribution in [3.8, 4) is 0 Å². The van der Waals surface area contributed by atoms with Crippen molar-refractivity contribution in [1.82, 2.24) is 4.57 Å². The Morgan fingerprint density at radius 2 is 2.67 bits per heavy atom. The van der Waals surface area contributed by atoms with Crippen LogP contribution in [0.15, 0.2) is 27.6 Å². The van der Waals surface area contributed by atoms with Gasteiger partial charge < -0.3 is 4.57 Å². The van der Waals surface area contributed by atoms with Gasteiger partial charge in [-0.3, -0.25) is 4.79 Å². The van der Waals surface area contributed by atoms with Gasteiger partial charge in [-0.1, -0.05) is 15.9 Å². The molecule has 0 amide bonds. The van der Waals surface area contributed by atoms with E-state index in [0.29, 0.717) is 9.04 Å². The van der Waals surface area contributed by atoms with Gasteiger partial charge in [-0.05, 0) is 6.07 Å². The molecule has 48 valence electrons. The molecule has 2 nitrogen and oxygen atoms in total. The van der Waals surface area contributed by atoms with Gasteiger partial charge in [0.1, 0.15) is 0 Å². The Morgan fingerprint density at radius 1 is 1.89 bits per heavy atom. The van der Waals surface area contributed by atoms with Gasteiger partial charge in [-0.15, -0.1) is 0 Å². The van der Waals surface area contributed by atoms with Crippen molar-refractivity contribution in [3.63, 3.8) is 0 Å². The van der Waals surface area contributed by atoms with E-state index in [1.165, 1.54) is 18.3 Å². The molecule has 0 bridgehead atoms. The number of hydrogen-bond acceptors (Lipinski definition) is 1. The fraction of sp³-hybridized carbons (Fsp3) is 0.167. The normalized spacial score (nSPS) is 15.9. The van der Waals surface area contributed by atoms with Gasteiger partial charge in [0.05, 0.1) is 0 Å². The summed E-state index contributed by atoms with van der Waals surface area (Å²) in [5.41, 5.74) is -0.538. The lowest BCUT2D eigenvalue weighted by atomic mass is 10.5. The highest BCUT2D eigenvalue weighted by Crippen LogP contribution is 2.02. The van der Waals surface area contributed by atoms with Crippen LogP contribution in [0.3, 0.4) is 0 Å². The van der Waals surface area contributed by atoms with Crippen LogP contribution in [0.1, 0.15) is 4.11 Å². The highest BCUT2D eigenvalue weighted by molar-refractivity contribution is 9.10. The zero-order chi connectivity index (χ0) is 9.35. The van der Waals surface area contributed by atoms with E-state index in [0.717, 1.165) is 0 Å². The summed E-state index contributed by atoms with van der Waals surface area (Å²) in [7, 11) is 0. The van der Waals surface area contributed by atoms with Gasteiger partial charge in [-0.2, -0.15) is 0 Å². The second kappa shape index (κ2) is 2.35. The van der Waals surface area contributed by atoms with Gasteiger partial charge in [0.25, 0.3) is 5.56 Å². The minimum atomic E-state index is -2.39. The fourth-order valence-electron chi connectivity index (χ4n) is 0.455. The third-order valence-electron chi connectivity index (χ3n) is 0.882. The molecule has 0 radical (unpaired) electrons. The number of aryl methyl sites for hydroxylation is 1. The second-order valence-corrected chi connectivity index (χ2v) is 2.47. The molecule has 0 spiro atoms. The van der Waals surface area contributed by atoms with Crippen LogP contribution in [0.5, 0.6) is 0 Å². The van der Waals surface area contributed by atoms with Crippen LogP contribution in [-0.4, -0.2) is 4.57 Å². The number of rotatable bonds is 0. The first-order chi connectivity index (χ1) is 5.41. The lowest BCUT2D eigenvalue weighted by Gasteiger charge is -1.92. The van der Waals surface area contributed by atoms with Crippen molar-refractivity contribution >= 4 is 15.9 Å². The summed E-state index contributed by atoms with van der Waals surface area (Å²) < 4.78 is 22.2. The van der Waals surface area contributed by atoms with Crippen molar-refractivity contribution in [3.05, 3.63) is 33.2 Å². The van der Waals surface area contributed by atoms with Crippen molar-refractivity contribution < 1.29 is 4.11 Å². The fourth-order valence-corrected chi connectivity index (χ4v) is 0.769. The maximum atomic E-state index is 11.1. The monoisotopic (exact) mass is 191 g/mol. The largest absolute Gasteiger partial charge is 0.319 e. The molecule has 9 heavy (non-hydrogen) atoms. The Labute approximate surface area is 65.5 Å². The summed E-state index contributed by atoms with van der Waals surface area (Å²) in [5, 5.41) is 0. The molecule has 0 N–H and O–H groups in total. The predicted octanol–water partition coefficient (Wildman–Crippen LogP) is 1.15. The molecule has 0 aromatic carbocycles. The van der Waals surface area contributed by atoms with Crippen LogP contribution in [0.25, 0.3) is 0 Å². The summed E-state index contributed by atoms with van der Waals surface area (Å²) in [6.07, 6.45) is 1.24. The molecule has 3 heteroatoms. The number of pyridine rings is 1. The van der Waals surface area contributed by atoms with E-state index >= 15 is 0 Å². The third-order valence-corrected chi connectivity index (χ3v) is 1.37. The Bertz CT molecular complexity index is 343. The van der Waals surface area contributed by atoms with E-state index in [4.69, 9.17) is 4.11 Å². The van der Waals surface area contributed by atoms with E-state index in [9.17, 15) is 4.79 Å². The van der Waals surface area contributed by atoms with Crippen molar-refractivity contribution in [2.45, 2.75) is 0 Å². The van der Waals surface area contributed by atoms with Crippen molar-refractivity contribution in [2.75, 3.05) is 0 Å². The first-order valence-electron chi connectivity index (χ1n) is 3.80. The van der Waals surface area contributed by atoms with Gasteiger partial charge in [0, 0.05) is 27.8 Å². The molecule has 1 heterocycles. The van der Waals surface area contributed by atoms with Crippen LogP contribution in [0.4, 0.5) is 0 Å². The molecule has 0 unspecified atom stereocenters. The molecule has 1 aromatic rings. The summed E-state index contributed by atoms with van der Waals surface area (Å²) >= 11 is 3.07. The predicted molar refractivity (Wildman–Crippen MR) is 39.4 cm³/mol. The van der Waals surface area contributed by atoms with Crippen LogP contribution in [0.2, 0.25) is 0 Å². The average Bonchev–Trinajstić information content (AvgIpc) is 1.83. The first-order valence-corrected chi connectivity index (χ1v) is 3.09.